The first-order valence-corrected chi connectivity index (χ1v) is 8.22. The van der Waals surface area contributed by atoms with Crippen LogP contribution < -0.4 is 5.32 Å². The van der Waals surface area contributed by atoms with Gasteiger partial charge in [0.15, 0.2) is 0 Å². The lowest BCUT2D eigenvalue weighted by atomic mass is 9.85. The van der Waals surface area contributed by atoms with Crippen molar-refractivity contribution in [1.29, 1.82) is 0 Å². The van der Waals surface area contributed by atoms with Crippen LogP contribution in [-0.4, -0.2) is 37.6 Å². The van der Waals surface area contributed by atoms with Gasteiger partial charge in [-0.15, -0.1) is 0 Å². The predicted molar refractivity (Wildman–Crippen MR) is 78.8 cm³/mol. The summed E-state index contributed by atoms with van der Waals surface area (Å²) in [5.41, 5.74) is 0. The fourth-order valence-corrected chi connectivity index (χ4v) is 3.75. The highest BCUT2D eigenvalue weighted by molar-refractivity contribution is 4.78. The van der Waals surface area contributed by atoms with Crippen molar-refractivity contribution in [3.8, 4) is 0 Å². The molecule has 3 unspecified atom stereocenters. The van der Waals surface area contributed by atoms with E-state index in [1.54, 1.807) is 0 Å². The largest absolute Gasteiger partial charge is 0.316 e. The van der Waals surface area contributed by atoms with E-state index in [4.69, 9.17) is 0 Å². The Balaban J connectivity index is 1.62. The first kappa shape index (κ1) is 14.3. The number of nitrogens with zero attached hydrogens (tertiary/aromatic N) is 1. The minimum atomic E-state index is 0.906. The summed E-state index contributed by atoms with van der Waals surface area (Å²) in [6.45, 7) is 11.4. The van der Waals surface area contributed by atoms with Crippen molar-refractivity contribution in [1.82, 2.24) is 10.2 Å². The second-order valence-electron chi connectivity index (χ2n) is 6.62. The highest BCUT2D eigenvalue weighted by Gasteiger charge is 2.24. The molecule has 2 aliphatic heterocycles. The lowest BCUT2D eigenvalue weighted by Crippen LogP contribution is -2.34. The molecule has 0 bridgehead atoms. The smallest absolute Gasteiger partial charge is 0.00101 e. The van der Waals surface area contributed by atoms with Crippen LogP contribution in [0.1, 0.15) is 52.4 Å². The minimum Gasteiger partial charge on any atom is -0.316 e. The molecule has 0 spiro atoms. The molecule has 0 radical (unpaired) electrons. The van der Waals surface area contributed by atoms with Crippen molar-refractivity contribution < 1.29 is 0 Å². The maximum Gasteiger partial charge on any atom is 0.00101 e. The summed E-state index contributed by atoms with van der Waals surface area (Å²) in [5, 5.41) is 3.55. The molecule has 0 saturated carbocycles. The van der Waals surface area contributed by atoms with Crippen molar-refractivity contribution in [3.63, 3.8) is 0 Å². The molecule has 3 atom stereocenters. The van der Waals surface area contributed by atoms with E-state index >= 15 is 0 Å². The average Bonchev–Trinajstić information content (AvgIpc) is 2.85. The Morgan fingerprint density at radius 3 is 2.94 bits per heavy atom. The van der Waals surface area contributed by atoms with Crippen molar-refractivity contribution in [3.05, 3.63) is 0 Å². The molecular weight excluding hydrogens is 220 g/mol. The summed E-state index contributed by atoms with van der Waals surface area (Å²) in [7, 11) is 0. The first-order chi connectivity index (χ1) is 8.79. The van der Waals surface area contributed by atoms with Crippen LogP contribution in [0.4, 0.5) is 0 Å². The molecule has 2 heterocycles. The molecule has 0 aromatic rings. The predicted octanol–water partition coefficient (Wildman–Crippen LogP) is 3.13. The van der Waals surface area contributed by atoms with Gasteiger partial charge in [-0.1, -0.05) is 20.3 Å². The molecule has 2 fully saturated rings. The van der Waals surface area contributed by atoms with E-state index in [0.29, 0.717) is 0 Å². The zero-order chi connectivity index (χ0) is 12.8. The summed E-state index contributed by atoms with van der Waals surface area (Å²) in [5.74, 6) is 2.84. The molecule has 0 aromatic heterocycles. The summed E-state index contributed by atoms with van der Waals surface area (Å²) in [6, 6.07) is 0. The van der Waals surface area contributed by atoms with Crippen molar-refractivity contribution in [2.75, 3.05) is 32.7 Å². The lowest BCUT2D eigenvalue weighted by Gasteiger charge is -2.29. The highest BCUT2D eigenvalue weighted by atomic mass is 15.1. The Hall–Kier alpha value is -0.0800. The molecule has 0 aromatic carbocycles. The standard InChI is InChI=1S/C16H32N2/c1-3-5-15-8-11-18(13-15)10-7-14(2)16-6-4-9-17-12-16/h14-17H,3-13H2,1-2H3. The van der Waals surface area contributed by atoms with Gasteiger partial charge in [-0.25, -0.2) is 0 Å². The fourth-order valence-electron chi connectivity index (χ4n) is 3.75. The van der Waals surface area contributed by atoms with Gasteiger partial charge < -0.3 is 10.2 Å². The van der Waals surface area contributed by atoms with Crippen LogP contribution in [0.3, 0.4) is 0 Å². The van der Waals surface area contributed by atoms with Crippen molar-refractivity contribution in [2.24, 2.45) is 17.8 Å². The van der Waals surface area contributed by atoms with Gasteiger partial charge in [0, 0.05) is 6.54 Å². The summed E-state index contributed by atoms with van der Waals surface area (Å²) < 4.78 is 0. The zero-order valence-electron chi connectivity index (χ0n) is 12.5. The topological polar surface area (TPSA) is 15.3 Å². The average molecular weight is 252 g/mol. The third kappa shape index (κ3) is 4.24. The van der Waals surface area contributed by atoms with E-state index in [0.717, 1.165) is 17.8 Å². The van der Waals surface area contributed by atoms with Gasteiger partial charge in [-0.05, 0) is 76.0 Å². The summed E-state index contributed by atoms with van der Waals surface area (Å²) in [4.78, 5) is 2.72. The molecule has 2 aliphatic rings. The maximum absolute atomic E-state index is 3.55. The third-order valence-corrected chi connectivity index (χ3v) is 5.11. The first-order valence-electron chi connectivity index (χ1n) is 8.22. The van der Waals surface area contributed by atoms with E-state index in [-0.39, 0.29) is 0 Å². The molecule has 0 amide bonds. The summed E-state index contributed by atoms with van der Waals surface area (Å²) >= 11 is 0. The number of hydrogen-bond donors (Lipinski definition) is 1. The van der Waals surface area contributed by atoms with Crippen LogP contribution in [0.5, 0.6) is 0 Å². The second-order valence-corrected chi connectivity index (χ2v) is 6.62. The monoisotopic (exact) mass is 252 g/mol. The van der Waals surface area contributed by atoms with E-state index < -0.39 is 0 Å². The molecule has 18 heavy (non-hydrogen) atoms. The molecule has 2 nitrogen and oxygen atoms in total. The van der Waals surface area contributed by atoms with Gasteiger partial charge in [0.25, 0.3) is 0 Å². The third-order valence-electron chi connectivity index (χ3n) is 5.11. The van der Waals surface area contributed by atoms with Gasteiger partial charge in [-0.2, -0.15) is 0 Å². The fraction of sp³-hybridized carbons (Fsp3) is 1.00. The van der Waals surface area contributed by atoms with Crippen LogP contribution in [0, 0.1) is 17.8 Å². The van der Waals surface area contributed by atoms with E-state index in [1.165, 1.54) is 71.2 Å². The van der Waals surface area contributed by atoms with Gasteiger partial charge in [0.1, 0.15) is 0 Å². The number of hydrogen-bond acceptors (Lipinski definition) is 2. The Morgan fingerprint density at radius 1 is 1.33 bits per heavy atom. The Bertz CT molecular complexity index is 223. The van der Waals surface area contributed by atoms with Gasteiger partial charge in [0.05, 0.1) is 0 Å². The molecule has 1 N–H and O–H groups in total. The molecular formula is C16H32N2. The van der Waals surface area contributed by atoms with Gasteiger partial charge in [0.2, 0.25) is 0 Å². The quantitative estimate of drug-likeness (QED) is 0.781. The van der Waals surface area contributed by atoms with Crippen molar-refractivity contribution in [2.45, 2.75) is 52.4 Å². The summed E-state index contributed by atoms with van der Waals surface area (Å²) in [6.07, 6.45) is 8.50. The van der Waals surface area contributed by atoms with Crippen LogP contribution in [0.25, 0.3) is 0 Å². The number of piperidine rings is 1. The second kappa shape index (κ2) is 7.49. The van der Waals surface area contributed by atoms with Gasteiger partial charge in [-0.3, -0.25) is 0 Å². The molecule has 2 heteroatoms. The normalized spacial score (nSPS) is 31.7. The van der Waals surface area contributed by atoms with Crippen LogP contribution >= 0.6 is 0 Å². The highest BCUT2D eigenvalue weighted by Crippen LogP contribution is 2.25. The maximum atomic E-state index is 3.55. The van der Waals surface area contributed by atoms with Gasteiger partial charge >= 0.3 is 0 Å². The van der Waals surface area contributed by atoms with Crippen molar-refractivity contribution >= 4 is 0 Å². The SMILES string of the molecule is CCCC1CCN(CCC(C)C2CCCNC2)C1. The van der Waals surface area contributed by atoms with E-state index in [2.05, 4.69) is 24.1 Å². The number of nitrogens with one attached hydrogen (secondary N) is 1. The zero-order valence-corrected chi connectivity index (χ0v) is 12.5. The Morgan fingerprint density at radius 2 is 2.22 bits per heavy atom. The van der Waals surface area contributed by atoms with E-state index in [1.807, 2.05) is 0 Å². The van der Waals surface area contributed by atoms with E-state index in [9.17, 15) is 0 Å². The molecule has 2 saturated heterocycles. The molecule has 2 rings (SSSR count). The lowest BCUT2D eigenvalue weighted by molar-refractivity contribution is 0.229. The minimum absolute atomic E-state index is 0.906. The van der Waals surface area contributed by atoms with Crippen LogP contribution in [-0.2, 0) is 0 Å². The van der Waals surface area contributed by atoms with Crippen LogP contribution in [0.15, 0.2) is 0 Å². The Kier molecular flexibility index (Phi) is 5.97. The number of rotatable bonds is 6. The molecule has 106 valence electrons. The van der Waals surface area contributed by atoms with Crippen LogP contribution in [0.2, 0.25) is 0 Å². The number of likely N-dealkylation sites (tertiary alicyclic amines) is 1. The Labute approximate surface area is 114 Å². The molecule has 0 aliphatic carbocycles.